The first kappa shape index (κ1) is 15.5. The first-order chi connectivity index (χ1) is 9.92. The summed E-state index contributed by atoms with van der Waals surface area (Å²) in [6.45, 7) is 6.93. The standard InChI is InChI=1S/C16H22N2O3/c1-12-6-4-5-7-14(12)10-17-15(20)16(3)11-18(13(2)19)8-9-21-16/h4-7H,8-11H2,1-3H3,(H,17,20)/t16-/m1/s1. The minimum Gasteiger partial charge on any atom is -0.362 e. The molecule has 0 aromatic heterocycles. The molecular weight excluding hydrogens is 268 g/mol. The number of ether oxygens (including phenoxy) is 1. The Bertz CT molecular complexity index is 544. The van der Waals surface area contributed by atoms with Crippen molar-refractivity contribution in [2.24, 2.45) is 0 Å². The van der Waals surface area contributed by atoms with Gasteiger partial charge in [-0.15, -0.1) is 0 Å². The molecule has 0 radical (unpaired) electrons. The summed E-state index contributed by atoms with van der Waals surface area (Å²) in [6.07, 6.45) is 0. The van der Waals surface area contributed by atoms with Gasteiger partial charge in [-0.25, -0.2) is 0 Å². The van der Waals surface area contributed by atoms with Crippen molar-refractivity contribution in [3.05, 3.63) is 35.4 Å². The minimum atomic E-state index is -0.980. The second-order valence-electron chi connectivity index (χ2n) is 5.63. The normalized spacial score (nSPS) is 22.0. The van der Waals surface area contributed by atoms with Crippen LogP contribution in [0.5, 0.6) is 0 Å². The number of aryl methyl sites for hydroxylation is 1. The van der Waals surface area contributed by atoms with Gasteiger partial charge in [0.2, 0.25) is 5.91 Å². The predicted octanol–water partition coefficient (Wildman–Crippen LogP) is 1.25. The molecular formula is C16H22N2O3. The van der Waals surface area contributed by atoms with Crippen molar-refractivity contribution >= 4 is 11.8 Å². The summed E-state index contributed by atoms with van der Waals surface area (Å²) in [6, 6.07) is 7.92. The zero-order valence-electron chi connectivity index (χ0n) is 12.8. The highest BCUT2D eigenvalue weighted by molar-refractivity contribution is 5.86. The predicted molar refractivity (Wildman–Crippen MR) is 79.6 cm³/mol. The summed E-state index contributed by atoms with van der Waals surface area (Å²) >= 11 is 0. The second kappa shape index (κ2) is 6.26. The molecule has 1 aliphatic heterocycles. The Kier molecular flexibility index (Phi) is 4.63. The number of nitrogens with zero attached hydrogens (tertiary/aromatic N) is 1. The zero-order chi connectivity index (χ0) is 15.5. The zero-order valence-corrected chi connectivity index (χ0v) is 12.8. The number of carbonyl (C=O) groups is 2. The molecule has 0 saturated carbocycles. The lowest BCUT2D eigenvalue weighted by Crippen LogP contribution is -2.58. The van der Waals surface area contributed by atoms with Crippen LogP contribution in [0.25, 0.3) is 0 Å². The van der Waals surface area contributed by atoms with Crippen LogP contribution < -0.4 is 5.32 Å². The van der Waals surface area contributed by atoms with E-state index in [-0.39, 0.29) is 11.8 Å². The van der Waals surface area contributed by atoms with Gasteiger partial charge in [-0.05, 0) is 25.0 Å². The van der Waals surface area contributed by atoms with E-state index in [1.165, 1.54) is 6.92 Å². The SMILES string of the molecule is CC(=O)N1CCO[C@@](C)(C(=O)NCc2ccccc2C)C1. The Morgan fingerprint density at radius 1 is 1.38 bits per heavy atom. The van der Waals surface area contributed by atoms with Crippen molar-refractivity contribution in [3.63, 3.8) is 0 Å². The Hall–Kier alpha value is -1.88. The molecule has 114 valence electrons. The topological polar surface area (TPSA) is 58.6 Å². The van der Waals surface area contributed by atoms with E-state index in [0.717, 1.165) is 11.1 Å². The molecule has 2 rings (SSSR count). The van der Waals surface area contributed by atoms with Crippen LogP contribution in [0, 0.1) is 6.92 Å². The number of morpholine rings is 1. The number of benzene rings is 1. The molecule has 0 unspecified atom stereocenters. The van der Waals surface area contributed by atoms with Gasteiger partial charge in [-0.2, -0.15) is 0 Å². The van der Waals surface area contributed by atoms with Crippen molar-refractivity contribution in [2.45, 2.75) is 32.9 Å². The van der Waals surface area contributed by atoms with Gasteiger partial charge in [-0.1, -0.05) is 24.3 Å². The van der Waals surface area contributed by atoms with Gasteiger partial charge in [0.25, 0.3) is 5.91 Å². The van der Waals surface area contributed by atoms with Gasteiger partial charge in [0.05, 0.1) is 13.2 Å². The smallest absolute Gasteiger partial charge is 0.254 e. The Morgan fingerprint density at radius 3 is 2.76 bits per heavy atom. The molecule has 5 nitrogen and oxygen atoms in total. The van der Waals surface area contributed by atoms with Crippen molar-refractivity contribution < 1.29 is 14.3 Å². The number of carbonyl (C=O) groups excluding carboxylic acids is 2. The summed E-state index contributed by atoms with van der Waals surface area (Å²) in [5, 5.41) is 2.91. The van der Waals surface area contributed by atoms with Crippen LogP contribution in [0.3, 0.4) is 0 Å². The van der Waals surface area contributed by atoms with Crippen LogP contribution >= 0.6 is 0 Å². The molecule has 1 aliphatic rings. The number of hydrogen-bond donors (Lipinski definition) is 1. The van der Waals surface area contributed by atoms with Crippen LogP contribution in [-0.4, -0.2) is 42.0 Å². The van der Waals surface area contributed by atoms with Gasteiger partial charge in [-0.3, -0.25) is 9.59 Å². The van der Waals surface area contributed by atoms with E-state index in [4.69, 9.17) is 4.74 Å². The highest BCUT2D eigenvalue weighted by Gasteiger charge is 2.39. The third kappa shape index (κ3) is 3.61. The Balaban J connectivity index is 1.99. The summed E-state index contributed by atoms with van der Waals surface area (Å²) in [7, 11) is 0. The molecule has 2 amide bonds. The van der Waals surface area contributed by atoms with E-state index in [0.29, 0.717) is 26.2 Å². The lowest BCUT2D eigenvalue weighted by Gasteiger charge is -2.38. The Labute approximate surface area is 125 Å². The van der Waals surface area contributed by atoms with E-state index in [1.807, 2.05) is 31.2 Å². The maximum atomic E-state index is 12.4. The van der Waals surface area contributed by atoms with Gasteiger partial charge < -0.3 is 15.0 Å². The quantitative estimate of drug-likeness (QED) is 0.911. The molecule has 1 saturated heterocycles. The van der Waals surface area contributed by atoms with Crippen LogP contribution in [0.15, 0.2) is 24.3 Å². The van der Waals surface area contributed by atoms with Gasteiger partial charge in [0.1, 0.15) is 0 Å². The number of amides is 2. The second-order valence-corrected chi connectivity index (χ2v) is 5.63. The number of rotatable bonds is 3. The van der Waals surface area contributed by atoms with Crippen molar-refractivity contribution in [2.75, 3.05) is 19.7 Å². The molecule has 21 heavy (non-hydrogen) atoms. The van der Waals surface area contributed by atoms with Crippen molar-refractivity contribution in [3.8, 4) is 0 Å². The van der Waals surface area contributed by atoms with Crippen LogP contribution in [0.4, 0.5) is 0 Å². The summed E-state index contributed by atoms with van der Waals surface area (Å²) in [5.41, 5.74) is 1.23. The maximum Gasteiger partial charge on any atom is 0.254 e. The van der Waals surface area contributed by atoms with Gasteiger partial charge >= 0.3 is 0 Å². The molecule has 1 fully saturated rings. The summed E-state index contributed by atoms with van der Waals surface area (Å²) in [5.74, 6) is -0.215. The molecule has 1 aromatic carbocycles. The molecule has 0 spiro atoms. The van der Waals surface area contributed by atoms with E-state index in [2.05, 4.69) is 5.32 Å². The highest BCUT2D eigenvalue weighted by Crippen LogP contribution is 2.18. The van der Waals surface area contributed by atoms with E-state index in [9.17, 15) is 9.59 Å². The van der Waals surface area contributed by atoms with Crippen molar-refractivity contribution in [1.29, 1.82) is 0 Å². The lowest BCUT2D eigenvalue weighted by molar-refractivity contribution is -0.162. The van der Waals surface area contributed by atoms with Crippen LogP contribution in [0.1, 0.15) is 25.0 Å². The monoisotopic (exact) mass is 290 g/mol. The van der Waals surface area contributed by atoms with Gasteiger partial charge in [0.15, 0.2) is 5.60 Å². The Morgan fingerprint density at radius 2 is 2.10 bits per heavy atom. The third-order valence-corrected chi connectivity index (χ3v) is 3.90. The molecule has 1 aromatic rings. The summed E-state index contributed by atoms with van der Waals surface area (Å²) < 4.78 is 5.62. The summed E-state index contributed by atoms with van der Waals surface area (Å²) in [4.78, 5) is 25.5. The van der Waals surface area contributed by atoms with Gasteiger partial charge in [0, 0.05) is 20.0 Å². The molecule has 5 heteroatoms. The molecule has 0 aliphatic carbocycles. The first-order valence-electron chi connectivity index (χ1n) is 7.15. The highest BCUT2D eigenvalue weighted by atomic mass is 16.5. The fourth-order valence-electron chi connectivity index (χ4n) is 2.45. The molecule has 1 atom stereocenters. The average molecular weight is 290 g/mol. The molecule has 1 heterocycles. The minimum absolute atomic E-state index is 0.0313. The lowest BCUT2D eigenvalue weighted by atomic mass is 10.0. The van der Waals surface area contributed by atoms with Crippen LogP contribution in [0.2, 0.25) is 0 Å². The van der Waals surface area contributed by atoms with Crippen LogP contribution in [-0.2, 0) is 20.9 Å². The largest absolute Gasteiger partial charge is 0.362 e. The average Bonchev–Trinajstić information content (AvgIpc) is 2.46. The fraction of sp³-hybridized carbons (Fsp3) is 0.500. The van der Waals surface area contributed by atoms with E-state index < -0.39 is 5.60 Å². The molecule has 0 bridgehead atoms. The number of hydrogen-bond acceptors (Lipinski definition) is 3. The number of nitrogens with one attached hydrogen (secondary N) is 1. The van der Waals surface area contributed by atoms with E-state index >= 15 is 0 Å². The molecule has 1 N–H and O–H groups in total. The van der Waals surface area contributed by atoms with Crippen molar-refractivity contribution in [1.82, 2.24) is 10.2 Å². The third-order valence-electron chi connectivity index (χ3n) is 3.90. The first-order valence-corrected chi connectivity index (χ1v) is 7.15. The maximum absolute atomic E-state index is 12.4. The van der Waals surface area contributed by atoms with E-state index in [1.54, 1.807) is 11.8 Å². The fourth-order valence-corrected chi connectivity index (χ4v) is 2.45.